The standard InChI is InChI=1S/C28H33N3O12/c1-30-28(29)31-8-13-11(4-3-5-32)6-12-19(22(13)36)24(38)20-16(7-15(41-2)14(9-33)18(20)21(12)35)42-27-26(40)25(39)23(37)17(10-34)43-27/h5-7,17,23,25-27,33-34,36-37,39-40H,3-4,8-10H2,1-2H3,(H3,29,30,31)/t17-,23-,25+,26-,27+/m1/s1. The van der Waals surface area contributed by atoms with Crippen LogP contribution in [0.2, 0.25) is 0 Å². The molecule has 1 fully saturated rings. The highest BCUT2D eigenvalue weighted by Crippen LogP contribution is 2.44. The van der Waals surface area contributed by atoms with Crippen LogP contribution in [0.4, 0.5) is 0 Å². The lowest BCUT2D eigenvalue weighted by atomic mass is 9.78. The van der Waals surface area contributed by atoms with E-state index in [-0.39, 0.29) is 64.7 Å². The largest absolute Gasteiger partial charge is 0.507 e. The van der Waals surface area contributed by atoms with Crippen LogP contribution in [0.5, 0.6) is 17.2 Å². The predicted octanol–water partition coefficient (Wildman–Crippen LogP) is -1.99. The second-order valence-corrected chi connectivity index (χ2v) is 9.89. The Kier molecular flexibility index (Phi) is 9.64. The first-order valence-corrected chi connectivity index (χ1v) is 13.2. The summed E-state index contributed by atoms with van der Waals surface area (Å²) in [6.07, 6.45) is -7.57. The quantitative estimate of drug-likeness (QED) is 0.0710. The van der Waals surface area contributed by atoms with Crippen LogP contribution in [-0.4, -0.2) is 106 Å². The number of rotatable bonds is 10. The second-order valence-electron chi connectivity index (χ2n) is 9.89. The molecule has 0 aromatic heterocycles. The van der Waals surface area contributed by atoms with Crippen LogP contribution in [0.25, 0.3) is 0 Å². The Morgan fingerprint density at radius 1 is 1.05 bits per heavy atom. The lowest BCUT2D eigenvalue weighted by Crippen LogP contribution is -2.60. The van der Waals surface area contributed by atoms with Gasteiger partial charge in [-0.2, -0.15) is 0 Å². The number of fused-ring (bicyclic) bond motifs is 2. The monoisotopic (exact) mass is 603 g/mol. The van der Waals surface area contributed by atoms with Gasteiger partial charge in [-0.05, 0) is 18.1 Å². The number of nitrogens with one attached hydrogen (secondary N) is 1. The van der Waals surface area contributed by atoms with Crippen LogP contribution in [0, 0.1) is 0 Å². The highest BCUT2D eigenvalue weighted by Gasteiger charge is 2.46. The smallest absolute Gasteiger partial charge is 0.229 e. The number of nitrogens with zero attached hydrogens (tertiary/aromatic N) is 1. The number of aliphatic imine (C=N–C) groups is 1. The van der Waals surface area contributed by atoms with Crippen LogP contribution >= 0.6 is 0 Å². The van der Waals surface area contributed by atoms with E-state index in [1.807, 2.05) is 0 Å². The Balaban J connectivity index is 1.91. The maximum Gasteiger partial charge on any atom is 0.229 e. The summed E-state index contributed by atoms with van der Waals surface area (Å²) in [4.78, 5) is 43.1. The fraction of sp³-hybridized carbons (Fsp3) is 0.429. The number of benzene rings is 2. The van der Waals surface area contributed by atoms with Crippen LogP contribution in [-0.2, 0) is 29.1 Å². The summed E-state index contributed by atoms with van der Waals surface area (Å²) < 4.78 is 16.5. The summed E-state index contributed by atoms with van der Waals surface area (Å²) in [7, 11) is 2.68. The average Bonchev–Trinajstić information content (AvgIpc) is 3.01. The molecule has 9 N–H and O–H groups in total. The number of hydrogen-bond acceptors (Lipinski definition) is 13. The molecule has 0 amide bonds. The first kappa shape index (κ1) is 31.8. The van der Waals surface area contributed by atoms with Crippen molar-refractivity contribution in [1.82, 2.24) is 5.32 Å². The van der Waals surface area contributed by atoms with Crippen molar-refractivity contribution in [3.05, 3.63) is 51.1 Å². The Labute approximate surface area is 245 Å². The lowest BCUT2D eigenvalue weighted by Gasteiger charge is -2.40. The minimum absolute atomic E-state index is 0.0288. The first-order valence-electron chi connectivity index (χ1n) is 13.2. The van der Waals surface area contributed by atoms with E-state index in [1.165, 1.54) is 26.3 Å². The van der Waals surface area contributed by atoms with Crippen molar-refractivity contribution >= 4 is 23.8 Å². The number of nitrogens with two attached hydrogens (primary N) is 1. The van der Waals surface area contributed by atoms with Gasteiger partial charge >= 0.3 is 0 Å². The molecule has 2 aromatic rings. The van der Waals surface area contributed by atoms with E-state index in [0.29, 0.717) is 11.8 Å². The number of aromatic hydroxyl groups is 1. The summed E-state index contributed by atoms with van der Waals surface area (Å²) in [5.41, 5.74) is 4.97. The first-order chi connectivity index (χ1) is 20.5. The Morgan fingerprint density at radius 2 is 1.77 bits per heavy atom. The fourth-order valence-corrected chi connectivity index (χ4v) is 5.20. The number of phenols is 1. The molecule has 2 aromatic carbocycles. The fourth-order valence-electron chi connectivity index (χ4n) is 5.20. The number of aliphatic hydroxyl groups is 5. The third-order valence-electron chi connectivity index (χ3n) is 7.47. The van der Waals surface area contributed by atoms with Crippen LogP contribution < -0.4 is 20.5 Å². The number of phenolic OH excluding ortho intramolecular Hbond substituents is 1. The minimum atomic E-state index is -1.85. The molecule has 0 radical (unpaired) electrons. The SMILES string of the molecule is CN=C(N)NCc1c(CCC=O)cc2c(c1O)C(=O)c1c(O[C@H]3O[C@H](CO)[C@@H](O)[C@H](O)[C@H]3O)cc(OC)c(CO)c1C2=O. The number of aldehydes is 1. The summed E-state index contributed by atoms with van der Waals surface area (Å²) in [6.45, 7) is -1.59. The van der Waals surface area contributed by atoms with E-state index >= 15 is 0 Å². The average molecular weight is 604 g/mol. The van der Waals surface area contributed by atoms with Crippen LogP contribution in [0.3, 0.4) is 0 Å². The van der Waals surface area contributed by atoms with Crippen molar-refractivity contribution in [3.63, 3.8) is 0 Å². The van der Waals surface area contributed by atoms with Crippen molar-refractivity contribution in [3.8, 4) is 17.2 Å². The number of hydrogen-bond donors (Lipinski definition) is 8. The molecule has 0 spiro atoms. The van der Waals surface area contributed by atoms with E-state index in [1.54, 1.807) is 0 Å². The second kappa shape index (κ2) is 13.0. The molecule has 1 aliphatic heterocycles. The molecule has 0 bridgehead atoms. The molecule has 15 nitrogen and oxygen atoms in total. The molecule has 5 atom stereocenters. The molecule has 4 rings (SSSR count). The number of methoxy groups -OCH3 is 1. The molecule has 232 valence electrons. The number of carbonyl (C=O) groups excluding carboxylic acids is 3. The highest BCUT2D eigenvalue weighted by atomic mass is 16.7. The van der Waals surface area contributed by atoms with E-state index < -0.39 is 66.8 Å². The van der Waals surface area contributed by atoms with Gasteiger partial charge in [-0.25, -0.2) is 0 Å². The molecule has 2 aliphatic rings. The molecular formula is C28H33N3O12. The van der Waals surface area contributed by atoms with Crippen molar-refractivity contribution in [2.75, 3.05) is 20.8 Å². The van der Waals surface area contributed by atoms with E-state index in [4.69, 9.17) is 19.9 Å². The van der Waals surface area contributed by atoms with Gasteiger partial charge in [0.25, 0.3) is 0 Å². The van der Waals surface area contributed by atoms with Gasteiger partial charge in [-0.15, -0.1) is 0 Å². The van der Waals surface area contributed by atoms with Gasteiger partial charge in [0.2, 0.25) is 12.1 Å². The Hall–Kier alpha value is -4.12. The highest BCUT2D eigenvalue weighted by molar-refractivity contribution is 6.31. The van der Waals surface area contributed by atoms with Gasteiger partial charge in [-0.1, -0.05) is 0 Å². The topological polar surface area (TPSA) is 251 Å². The summed E-state index contributed by atoms with van der Waals surface area (Å²) >= 11 is 0. The van der Waals surface area contributed by atoms with Gasteiger partial charge in [0.05, 0.1) is 31.5 Å². The third kappa shape index (κ3) is 5.65. The molecule has 0 unspecified atom stereocenters. The summed E-state index contributed by atoms with van der Waals surface area (Å²) in [6, 6.07) is 2.55. The molecule has 1 heterocycles. The van der Waals surface area contributed by atoms with Crippen molar-refractivity contribution < 1.29 is 59.2 Å². The van der Waals surface area contributed by atoms with Gasteiger partial charge in [0.15, 0.2) is 11.7 Å². The Morgan fingerprint density at radius 3 is 2.37 bits per heavy atom. The Bertz CT molecular complexity index is 1460. The van der Waals surface area contributed by atoms with Crippen molar-refractivity contribution in [2.24, 2.45) is 10.7 Å². The molecule has 1 saturated heterocycles. The van der Waals surface area contributed by atoms with E-state index in [2.05, 4.69) is 10.3 Å². The molecule has 0 saturated carbocycles. The number of ether oxygens (including phenoxy) is 3. The number of aryl methyl sites for hydroxylation is 1. The third-order valence-corrected chi connectivity index (χ3v) is 7.47. The number of aliphatic hydroxyl groups excluding tert-OH is 5. The maximum atomic E-state index is 14.1. The van der Waals surface area contributed by atoms with E-state index in [0.717, 1.165) is 0 Å². The van der Waals surface area contributed by atoms with Gasteiger partial charge in [0, 0.05) is 48.3 Å². The minimum Gasteiger partial charge on any atom is -0.507 e. The van der Waals surface area contributed by atoms with Gasteiger partial charge < -0.3 is 60.7 Å². The van der Waals surface area contributed by atoms with Crippen molar-refractivity contribution in [2.45, 2.75) is 56.7 Å². The summed E-state index contributed by atoms with van der Waals surface area (Å²) in [5.74, 6) is -2.63. The van der Waals surface area contributed by atoms with Gasteiger partial charge in [-0.3, -0.25) is 14.6 Å². The van der Waals surface area contributed by atoms with Gasteiger partial charge in [0.1, 0.15) is 48.0 Å². The zero-order valence-corrected chi connectivity index (χ0v) is 23.3. The summed E-state index contributed by atoms with van der Waals surface area (Å²) in [5, 5.41) is 64.8. The molecule has 15 heteroatoms. The van der Waals surface area contributed by atoms with Crippen LogP contribution in [0.15, 0.2) is 17.1 Å². The zero-order chi connectivity index (χ0) is 31.6. The predicted molar refractivity (Wildman–Crippen MR) is 147 cm³/mol. The number of carbonyl (C=O) groups is 3. The number of guanidine groups is 1. The molecule has 43 heavy (non-hydrogen) atoms. The van der Waals surface area contributed by atoms with E-state index in [9.17, 15) is 45.0 Å². The number of ketones is 2. The normalized spacial score (nSPS) is 23.4. The molecule has 1 aliphatic carbocycles. The zero-order valence-electron chi connectivity index (χ0n) is 23.3. The van der Waals surface area contributed by atoms with Crippen LogP contribution in [0.1, 0.15) is 55.0 Å². The van der Waals surface area contributed by atoms with Crippen molar-refractivity contribution in [1.29, 1.82) is 0 Å². The maximum absolute atomic E-state index is 14.1. The lowest BCUT2D eigenvalue weighted by molar-refractivity contribution is -0.277. The molecular weight excluding hydrogens is 570 g/mol.